The average molecular weight is 375 g/mol. The van der Waals surface area contributed by atoms with E-state index in [9.17, 15) is 0 Å². The predicted octanol–water partition coefficient (Wildman–Crippen LogP) is 2.42. The molecule has 1 aromatic carbocycles. The Bertz CT molecular complexity index is 415. The summed E-state index contributed by atoms with van der Waals surface area (Å²) < 4.78 is 0. The molecule has 0 atom stereocenters. The van der Waals surface area contributed by atoms with Gasteiger partial charge in [-0.3, -0.25) is 0 Å². The Labute approximate surface area is 131 Å². The lowest BCUT2D eigenvalue weighted by atomic mass is 10.1. The van der Waals surface area contributed by atoms with Gasteiger partial charge in [0.2, 0.25) is 0 Å². The van der Waals surface area contributed by atoms with E-state index in [1.54, 1.807) is 12.1 Å². The fourth-order valence-electron chi connectivity index (χ4n) is 1.45. The van der Waals surface area contributed by atoms with Gasteiger partial charge in [0, 0.05) is 6.54 Å². The molecule has 5 heteroatoms. The van der Waals surface area contributed by atoms with Crippen molar-refractivity contribution in [2.24, 2.45) is 10.7 Å². The first kappa shape index (κ1) is 17.8. The Hall–Kier alpha value is -1.24. The zero-order valence-electron chi connectivity index (χ0n) is 11.2. The molecule has 0 spiro atoms. The second kappa shape index (κ2) is 9.66. The third-order valence-electron chi connectivity index (χ3n) is 2.40. The van der Waals surface area contributed by atoms with Crippen LogP contribution in [0.3, 0.4) is 0 Å². The number of aromatic hydroxyl groups is 1. The Morgan fingerprint density at radius 1 is 1.37 bits per heavy atom. The van der Waals surface area contributed by atoms with E-state index in [-0.39, 0.29) is 24.0 Å². The molecule has 4 N–H and O–H groups in total. The maximum atomic E-state index is 9.15. The number of hydrogen-bond donors (Lipinski definition) is 3. The fourth-order valence-corrected chi connectivity index (χ4v) is 1.45. The molecule has 0 saturated carbocycles. The maximum Gasteiger partial charge on any atom is 0.188 e. The van der Waals surface area contributed by atoms with E-state index in [1.165, 1.54) is 5.56 Å². The number of phenols is 1. The number of hydrogen-bond acceptors (Lipinski definition) is 2. The molecule has 1 aromatic rings. The molecule has 0 heterocycles. The quantitative estimate of drug-likeness (QED) is 0.235. The molecule has 0 bridgehead atoms. The van der Waals surface area contributed by atoms with E-state index < -0.39 is 0 Å². The first-order valence-electron chi connectivity index (χ1n) is 6.04. The van der Waals surface area contributed by atoms with Gasteiger partial charge in [0.1, 0.15) is 5.75 Å². The summed E-state index contributed by atoms with van der Waals surface area (Å²) in [5, 5.41) is 12.2. The van der Waals surface area contributed by atoms with Crippen LogP contribution in [0.2, 0.25) is 0 Å². The SMILES string of the molecule is C=C(C)CN=C(N)NCCCc1ccc(O)cc1.I. The minimum Gasteiger partial charge on any atom is -0.508 e. The highest BCUT2D eigenvalue weighted by Crippen LogP contribution is 2.10. The summed E-state index contributed by atoms with van der Waals surface area (Å²) in [6.07, 6.45) is 1.91. The summed E-state index contributed by atoms with van der Waals surface area (Å²) in [6, 6.07) is 7.25. The molecule has 4 nitrogen and oxygen atoms in total. The van der Waals surface area contributed by atoms with Crippen LogP contribution in [0.5, 0.6) is 5.75 Å². The topological polar surface area (TPSA) is 70.6 Å². The van der Waals surface area contributed by atoms with Crippen LogP contribution >= 0.6 is 24.0 Å². The molecular weight excluding hydrogens is 353 g/mol. The lowest BCUT2D eigenvalue weighted by Gasteiger charge is -2.06. The van der Waals surface area contributed by atoms with Gasteiger partial charge in [0.15, 0.2) is 5.96 Å². The molecule has 0 aliphatic heterocycles. The van der Waals surface area contributed by atoms with Gasteiger partial charge >= 0.3 is 0 Å². The van der Waals surface area contributed by atoms with Gasteiger partial charge in [-0.2, -0.15) is 0 Å². The Morgan fingerprint density at radius 3 is 2.58 bits per heavy atom. The largest absolute Gasteiger partial charge is 0.508 e. The third-order valence-corrected chi connectivity index (χ3v) is 2.40. The van der Waals surface area contributed by atoms with Crippen LogP contribution in [-0.4, -0.2) is 24.2 Å². The zero-order valence-corrected chi connectivity index (χ0v) is 13.6. The second-order valence-electron chi connectivity index (χ2n) is 4.36. The van der Waals surface area contributed by atoms with Crippen molar-refractivity contribution in [1.82, 2.24) is 5.32 Å². The van der Waals surface area contributed by atoms with Crippen LogP contribution in [0, 0.1) is 0 Å². The molecule has 0 aliphatic carbocycles. The third kappa shape index (κ3) is 8.47. The van der Waals surface area contributed by atoms with E-state index in [1.807, 2.05) is 19.1 Å². The van der Waals surface area contributed by atoms with Crippen molar-refractivity contribution in [2.45, 2.75) is 19.8 Å². The minimum atomic E-state index is 0. The fraction of sp³-hybridized carbons (Fsp3) is 0.357. The van der Waals surface area contributed by atoms with Gasteiger partial charge in [-0.05, 0) is 37.5 Å². The van der Waals surface area contributed by atoms with E-state index in [0.717, 1.165) is 25.0 Å². The number of nitrogens with two attached hydrogens (primary N) is 1. The number of guanidine groups is 1. The number of rotatable bonds is 6. The van der Waals surface area contributed by atoms with Crippen molar-refractivity contribution < 1.29 is 5.11 Å². The van der Waals surface area contributed by atoms with E-state index in [2.05, 4.69) is 16.9 Å². The first-order chi connectivity index (χ1) is 8.58. The summed E-state index contributed by atoms with van der Waals surface area (Å²) >= 11 is 0. The van der Waals surface area contributed by atoms with Crippen LogP contribution in [-0.2, 0) is 6.42 Å². The van der Waals surface area contributed by atoms with Crippen molar-refractivity contribution in [1.29, 1.82) is 0 Å². The number of nitrogens with zero attached hydrogens (tertiary/aromatic N) is 1. The monoisotopic (exact) mass is 375 g/mol. The van der Waals surface area contributed by atoms with Crippen LogP contribution in [0.1, 0.15) is 18.9 Å². The van der Waals surface area contributed by atoms with Gasteiger partial charge in [0.05, 0.1) is 6.54 Å². The smallest absolute Gasteiger partial charge is 0.188 e. The number of nitrogens with one attached hydrogen (secondary N) is 1. The molecule has 0 fully saturated rings. The Kier molecular flexibility index (Phi) is 9.03. The average Bonchev–Trinajstić information content (AvgIpc) is 2.34. The van der Waals surface area contributed by atoms with Gasteiger partial charge in [0.25, 0.3) is 0 Å². The second-order valence-corrected chi connectivity index (χ2v) is 4.36. The van der Waals surface area contributed by atoms with Gasteiger partial charge in [-0.15, -0.1) is 24.0 Å². The predicted molar refractivity (Wildman–Crippen MR) is 91.1 cm³/mol. The summed E-state index contributed by atoms with van der Waals surface area (Å²) in [7, 11) is 0. The minimum absolute atomic E-state index is 0. The molecule has 0 amide bonds. The lowest BCUT2D eigenvalue weighted by molar-refractivity contribution is 0.475. The highest BCUT2D eigenvalue weighted by atomic mass is 127. The summed E-state index contributed by atoms with van der Waals surface area (Å²) in [5.74, 6) is 0.761. The van der Waals surface area contributed by atoms with Crippen molar-refractivity contribution >= 4 is 29.9 Å². The molecule has 19 heavy (non-hydrogen) atoms. The van der Waals surface area contributed by atoms with Gasteiger partial charge < -0.3 is 16.2 Å². The van der Waals surface area contributed by atoms with Crippen molar-refractivity contribution in [3.8, 4) is 5.75 Å². The van der Waals surface area contributed by atoms with E-state index >= 15 is 0 Å². The maximum absolute atomic E-state index is 9.15. The molecule has 0 unspecified atom stereocenters. The molecule has 0 aliphatic rings. The van der Waals surface area contributed by atoms with Crippen LogP contribution in [0.15, 0.2) is 41.4 Å². The van der Waals surface area contributed by atoms with E-state index in [0.29, 0.717) is 18.3 Å². The van der Waals surface area contributed by atoms with Gasteiger partial charge in [-0.1, -0.05) is 24.3 Å². The number of phenolic OH excluding ortho intramolecular Hbond substituents is 1. The molecule has 106 valence electrons. The molecule has 1 rings (SSSR count). The van der Waals surface area contributed by atoms with E-state index in [4.69, 9.17) is 10.8 Å². The Balaban J connectivity index is 0.00000324. The normalized spacial score (nSPS) is 10.7. The summed E-state index contributed by atoms with van der Waals surface area (Å²) in [6.45, 7) is 7.03. The van der Waals surface area contributed by atoms with Crippen LogP contribution < -0.4 is 11.1 Å². The summed E-state index contributed by atoms with van der Waals surface area (Å²) in [4.78, 5) is 4.13. The standard InChI is InChI=1S/C14H21N3O.HI/c1-11(2)10-17-14(15)16-9-3-4-12-5-7-13(18)8-6-12;/h5-8,18H,1,3-4,9-10H2,2H3,(H3,15,16,17);1H. The van der Waals surface area contributed by atoms with Crippen LogP contribution in [0.25, 0.3) is 0 Å². The highest BCUT2D eigenvalue weighted by Gasteiger charge is 1.95. The lowest BCUT2D eigenvalue weighted by Crippen LogP contribution is -2.32. The van der Waals surface area contributed by atoms with Crippen molar-refractivity contribution in [2.75, 3.05) is 13.1 Å². The molecule has 0 aromatic heterocycles. The summed E-state index contributed by atoms with van der Waals surface area (Å²) in [5.41, 5.74) is 7.88. The zero-order chi connectivity index (χ0) is 13.4. The van der Waals surface area contributed by atoms with Crippen LogP contribution in [0.4, 0.5) is 0 Å². The van der Waals surface area contributed by atoms with Crippen molar-refractivity contribution in [3.05, 3.63) is 42.0 Å². The molecule has 0 radical (unpaired) electrons. The van der Waals surface area contributed by atoms with Crippen molar-refractivity contribution in [3.63, 3.8) is 0 Å². The number of benzene rings is 1. The molecule has 0 saturated heterocycles. The number of aryl methyl sites for hydroxylation is 1. The highest BCUT2D eigenvalue weighted by molar-refractivity contribution is 14.0. The number of aliphatic imine (C=N–C) groups is 1. The molecular formula is C14H22IN3O. The number of halogens is 1. The Morgan fingerprint density at radius 2 is 2.00 bits per heavy atom. The first-order valence-corrected chi connectivity index (χ1v) is 6.04. The van der Waals surface area contributed by atoms with Gasteiger partial charge in [-0.25, -0.2) is 4.99 Å².